The fraction of sp³-hybridized carbons (Fsp3) is 0.400. The first-order valence-electron chi connectivity index (χ1n) is 8.78. The van der Waals surface area contributed by atoms with Crippen molar-refractivity contribution in [1.29, 1.82) is 0 Å². The van der Waals surface area contributed by atoms with Crippen LogP contribution in [0.25, 0.3) is 0 Å². The zero-order valence-electron chi connectivity index (χ0n) is 15.7. The first-order chi connectivity index (χ1) is 13.1. The Kier molecular flexibility index (Phi) is 5.61. The maximum Gasteiger partial charge on any atom is 0.416 e. The van der Waals surface area contributed by atoms with Gasteiger partial charge in [-0.2, -0.15) is 13.2 Å². The summed E-state index contributed by atoms with van der Waals surface area (Å²) in [6.45, 7) is 3.92. The Morgan fingerprint density at radius 2 is 2.04 bits per heavy atom. The van der Waals surface area contributed by atoms with E-state index in [1.54, 1.807) is 6.07 Å². The van der Waals surface area contributed by atoms with Crippen LogP contribution in [0.15, 0.2) is 40.2 Å². The van der Waals surface area contributed by atoms with Gasteiger partial charge >= 0.3 is 12.1 Å². The average Bonchev–Trinajstić information content (AvgIpc) is 3.05. The molecule has 0 unspecified atom stereocenters. The lowest BCUT2D eigenvalue weighted by Gasteiger charge is -2.19. The molecule has 2 heterocycles. The van der Waals surface area contributed by atoms with Crippen molar-refractivity contribution in [2.24, 2.45) is 0 Å². The molecule has 1 atom stereocenters. The van der Waals surface area contributed by atoms with E-state index in [-0.39, 0.29) is 17.9 Å². The molecule has 4 nitrogen and oxygen atoms in total. The summed E-state index contributed by atoms with van der Waals surface area (Å²) in [5, 5.41) is 0.694. The molecule has 3 rings (SSSR count). The standard InChI is InChI=1S/C20H20F3NO3S/c1-11(2)17-13(7-12-5-4-6-14(8-12)20(21,22)23)9-16(25)24-15(19(26)27-3)10-28-18(17)24/h4-6,8-9,11,15H,7,10H2,1-3H3/t15-/m0/s1. The molecule has 0 saturated carbocycles. The van der Waals surface area contributed by atoms with E-state index < -0.39 is 23.8 Å². The molecule has 0 fully saturated rings. The highest BCUT2D eigenvalue weighted by Crippen LogP contribution is 2.39. The highest BCUT2D eigenvalue weighted by Gasteiger charge is 2.34. The van der Waals surface area contributed by atoms with Gasteiger partial charge in [0.25, 0.3) is 5.56 Å². The smallest absolute Gasteiger partial charge is 0.416 e. The van der Waals surface area contributed by atoms with Crippen LogP contribution < -0.4 is 5.56 Å². The topological polar surface area (TPSA) is 48.3 Å². The number of esters is 1. The maximum absolute atomic E-state index is 13.0. The van der Waals surface area contributed by atoms with Crippen molar-refractivity contribution < 1.29 is 22.7 Å². The quantitative estimate of drug-likeness (QED) is 0.700. The van der Waals surface area contributed by atoms with E-state index in [9.17, 15) is 22.8 Å². The molecule has 1 aliphatic heterocycles. The summed E-state index contributed by atoms with van der Waals surface area (Å²) >= 11 is 1.40. The second-order valence-electron chi connectivity index (χ2n) is 6.98. The Bertz CT molecular complexity index is 966. The average molecular weight is 411 g/mol. The predicted octanol–water partition coefficient (Wildman–Crippen LogP) is 4.40. The molecule has 28 heavy (non-hydrogen) atoms. The Balaban J connectivity index is 2.08. The molecule has 0 saturated heterocycles. The van der Waals surface area contributed by atoms with Crippen molar-refractivity contribution in [2.75, 3.05) is 12.9 Å². The van der Waals surface area contributed by atoms with Gasteiger partial charge in [0.2, 0.25) is 0 Å². The number of halogens is 3. The molecule has 0 N–H and O–H groups in total. The van der Waals surface area contributed by atoms with Crippen molar-refractivity contribution in [1.82, 2.24) is 4.57 Å². The van der Waals surface area contributed by atoms with Crippen LogP contribution in [-0.2, 0) is 22.1 Å². The minimum absolute atomic E-state index is 0.0338. The molecule has 0 spiro atoms. The molecule has 1 aromatic carbocycles. The summed E-state index contributed by atoms with van der Waals surface area (Å²) < 4.78 is 45.3. The van der Waals surface area contributed by atoms with Crippen LogP contribution in [0.1, 0.15) is 48.1 Å². The first-order valence-corrected chi connectivity index (χ1v) is 9.77. The number of hydrogen-bond donors (Lipinski definition) is 0. The number of hydrogen-bond acceptors (Lipinski definition) is 4. The Hall–Kier alpha value is -2.22. The molecule has 150 valence electrons. The van der Waals surface area contributed by atoms with Gasteiger partial charge in [-0.05, 0) is 35.1 Å². The minimum atomic E-state index is -4.42. The Morgan fingerprint density at radius 1 is 1.32 bits per heavy atom. The minimum Gasteiger partial charge on any atom is -0.467 e. The third-order valence-corrected chi connectivity index (χ3v) is 5.89. The molecular formula is C20H20F3NO3S. The van der Waals surface area contributed by atoms with Crippen LogP contribution >= 0.6 is 11.8 Å². The molecule has 1 aliphatic rings. The molecular weight excluding hydrogens is 391 g/mol. The van der Waals surface area contributed by atoms with Gasteiger partial charge in [-0.3, -0.25) is 9.36 Å². The number of rotatable bonds is 4. The van der Waals surface area contributed by atoms with E-state index in [0.29, 0.717) is 21.9 Å². The van der Waals surface area contributed by atoms with Crippen LogP contribution in [0, 0.1) is 0 Å². The van der Waals surface area contributed by atoms with E-state index >= 15 is 0 Å². The second kappa shape index (κ2) is 7.66. The number of pyridine rings is 1. The van der Waals surface area contributed by atoms with Gasteiger partial charge in [0.15, 0.2) is 0 Å². The van der Waals surface area contributed by atoms with Crippen molar-refractivity contribution >= 4 is 17.7 Å². The highest BCUT2D eigenvalue weighted by atomic mass is 32.2. The van der Waals surface area contributed by atoms with Crippen LogP contribution in [0.5, 0.6) is 0 Å². The lowest BCUT2D eigenvalue weighted by Crippen LogP contribution is -2.30. The van der Waals surface area contributed by atoms with Gasteiger partial charge in [-0.25, -0.2) is 4.79 Å². The van der Waals surface area contributed by atoms with E-state index in [2.05, 4.69) is 0 Å². The number of fused-ring (bicyclic) bond motifs is 1. The van der Waals surface area contributed by atoms with Gasteiger partial charge in [0.05, 0.1) is 17.7 Å². The van der Waals surface area contributed by atoms with Crippen molar-refractivity contribution in [2.45, 2.75) is 43.4 Å². The number of ether oxygens (including phenoxy) is 1. The van der Waals surface area contributed by atoms with Gasteiger partial charge < -0.3 is 4.74 Å². The Morgan fingerprint density at radius 3 is 2.64 bits per heavy atom. The van der Waals surface area contributed by atoms with E-state index in [1.807, 2.05) is 13.8 Å². The number of methoxy groups -OCH3 is 1. The van der Waals surface area contributed by atoms with Crippen LogP contribution in [0.4, 0.5) is 13.2 Å². The molecule has 2 aromatic rings. The molecule has 0 radical (unpaired) electrons. The molecule has 1 aromatic heterocycles. The van der Waals surface area contributed by atoms with Crippen molar-refractivity contribution in [3.05, 3.63) is 62.9 Å². The third-order valence-electron chi connectivity index (χ3n) is 4.72. The fourth-order valence-corrected chi connectivity index (χ4v) is 4.97. The summed E-state index contributed by atoms with van der Waals surface area (Å²) in [7, 11) is 1.28. The lowest BCUT2D eigenvalue weighted by molar-refractivity contribution is -0.144. The number of thioether (sulfide) groups is 1. The monoisotopic (exact) mass is 411 g/mol. The lowest BCUT2D eigenvalue weighted by atomic mass is 9.93. The van der Waals surface area contributed by atoms with Gasteiger partial charge in [-0.1, -0.05) is 32.0 Å². The van der Waals surface area contributed by atoms with Crippen LogP contribution in [-0.4, -0.2) is 23.4 Å². The normalized spacial score (nSPS) is 16.3. The summed E-state index contributed by atoms with van der Waals surface area (Å²) in [4.78, 5) is 24.7. The SMILES string of the molecule is COC(=O)[C@@H]1CSc2c(C(C)C)c(Cc3cccc(C(F)(F)F)c3)cc(=O)n21. The summed E-state index contributed by atoms with van der Waals surface area (Å²) in [5.41, 5.74) is 0.987. The maximum atomic E-state index is 13.0. The fourth-order valence-electron chi connectivity index (χ4n) is 3.49. The number of nitrogens with zero attached hydrogens (tertiary/aromatic N) is 1. The van der Waals surface area contributed by atoms with Gasteiger partial charge in [0.1, 0.15) is 6.04 Å². The number of carbonyl (C=O) groups excluding carboxylic acids is 1. The van der Waals surface area contributed by atoms with E-state index in [1.165, 1.54) is 35.6 Å². The number of benzene rings is 1. The van der Waals surface area contributed by atoms with Crippen molar-refractivity contribution in [3.8, 4) is 0 Å². The van der Waals surface area contributed by atoms with Crippen molar-refractivity contribution in [3.63, 3.8) is 0 Å². The molecule has 8 heteroatoms. The number of aromatic nitrogens is 1. The summed E-state index contributed by atoms with van der Waals surface area (Å²) in [6.07, 6.45) is -4.21. The molecule has 0 amide bonds. The number of carbonyl (C=O) groups is 1. The predicted molar refractivity (Wildman–Crippen MR) is 101 cm³/mol. The highest BCUT2D eigenvalue weighted by molar-refractivity contribution is 7.99. The molecule has 0 aliphatic carbocycles. The zero-order chi connectivity index (χ0) is 20.6. The van der Waals surface area contributed by atoms with E-state index in [4.69, 9.17) is 4.74 Å². The largest absolute Gasteiger partial charge is 0.467 e. The third kappa shape index (κ3) is 3.83. The van der Waals surface area contributed by atoms with Crippen LogP contribution in [0.2, 0.25) is 0 Å². The van der Waals surface area contributed by atoms with E-state index in [0.717, 1.165) is 17.7 Å². The summed E-state index contributed by atoms with van der Waals surface area (Å²) in [5.74, 6) is -0.0468. The number of alkyl halides is 3. The van der Waals surface area contributed by atoms with Gasteiger partial charge in [-0.15, -0.1) is 11.8 Å². The summed E-state index contributed by atoms with van der Waals surface area (Å²) in [6, 6.07) is 5.88. The van der Waals surface area contributed by atoms with Crippen LogP contribution in [0.3, 0.4) is 0 Å². The second-order valence-corrected chi connectivity index (χ2v) is 7.98. The first kappa shape index (κ1) is 20.5. The zero-order valence-corrected chi connectivity index (χ0v) is 16.5. The van der Waals surface area contributed by atoms with Gasteiger partial charge in [0, 0.05) is 11.8 Å². The Labute approximate surface area is 164 Å². The molecule has 0 bridgehead atoms.